The number of benzene rings is 3. The van der Waals surface area contributed by atoms with Gasteiger partial charge in [0.2, 0.25) is 0 Å². The van der Waals surface area contributed by atoms with Crippen LogP contribution in [0.15, 0.2) is 66.7 Å². The Kier molecular flexibility index (Phi) is 8.49. The van der Waals surface area contributed by atoms with Gasteiger partial charge in [-0.2, -0.15) is 0 Å². The van der Waals surface area contributed by atoms with E-state index in [1.807, 2.05) is 74.5 Å². The summed E-state index contributed by atoms with van der Waals surface area (Å²) in [4.78, 5) is 12.4. The molecule has 3 aromatic rings. The van der Waals surface area contributed by atoms with Gasteiger partial charge in [-0.15, -0.1) is 0 Å². The van der Waals surface area contributed by atoms with Gasteiger partial charge in [-0.25, -0.2) is 5.43 Å². The summed E-state index contributed by atoms with van der Waals surface area (Å²) in [6.07, 6.45) is 4.00. The maximum Gasteiger partial charge on any atom is 0.262 e. The quantitative estimate of drug-likeness (QED) is 0.293. The minimum absolute atomic E-state index is 0.103. The number of nitrogens with one attached hydrogen (secondary N) is 3. The van der Waals surface area contributed by atoms with Gasteiger partial charge in [-0.05, 0) is 61.7 Å². The molecule has 33 heavy (non-hydrogen) atoms. The molecule has 0 spiro atoms. The molecule has 6 nitrogen and oxygen atoms in total. The largest absolute Gasteiger partial charge is 0.493 e. The lowest BCUT2D eigenvalue weighted by Gasteiger charge is -2.13. The number of carbonyl (C=O) groups is 1. The molecule has 3 aromatic carbocycles. The highest BCUT2D eigenvalue weighted by molar-refractivity contribution is 5.93. The summed E-state index contributed by atoms with van der Waals surface area (Å²) in [7, 11) is 1.58. The minimum atomic E-state index is -0.217. The molecule has 0 atom stereocenters. The second kappa shape index (κ2) is 11.7. The van der Waals surface area contributed by atoms with Crippen LogP contribution in [0.1, 0.15) is 22.3 Å². The van der Waals surface area contributed by atoms with Gasteiger partial charge in [0.25, 0.3) is 5.91 Å². The summed E-state index contributed by atoms with van der Waals surface area (Å²) in [5.74, 6) is 0.874. The minimum Gasteiger partial charge on any atom is -0.493 e. The highest BCUT2D eigenvalue weighted by Gasteiger charge is 2.10. The third kappa shape index (κ3) is 7.12. The molecule has 3 rings (SSSR count). The molecule has 0 aromatic heterocycles. The van der Waals surface area contributed by atoms with E-state index in [2.05, 4.69) is 35.2 Å². The van der Waals surface area contributed by atoms with E-state index in [4.69, 9.17) is 9.47 Å². The molecule has 0 unspecified atom stereocenters. The first-order chi connectivity index (χ1) is 16.0. The lowest BCUT2D eigenvalue weighted by Crippen LogP contribution is -2.21. The van der Waals surface area contributed by atoms with Crippen LogP contribution in [0.3, 0.4) is 0 Å². The molecule has 0 aliphatic heterocycles. The fraction of sp³-hybridized carbons (Fsp3) is 0.222. The van der Waals surface area contributed by atoms with Gasteiger partial charge in [0.15, 0.2) is 18.1 Å². The number of para-hydroxylation sites is 1. The van der Waals surface area contributed by atoms with Crippen LogP contribution >= 0.6 is 0 Å². The topological polar surface area (TPSA) is 71.6 Å². The number of hydrogen-bond donors (Lipinski definition) is 3. The van der Waals surface area contributed by atoms with Gasteiger partial charge >= 0.3 is 0 Å². The van der Waals surface area contributed by atoms with Gasteiger partial charge in [-0.3, -0.25) is 4.79 Å². The SMILES string of the molecule is COc1cc(/C=C\CNNc2ccc(C)cc2)ccc1OCC(=O)Nc1c(C)cccc1C. The summed E-state index contributed by atoms with van der Waals surface area (Å²) >= 11 is 0. The molecule has 0 saturated heterocycles. The molecular formula is C27H31N3O3. The molecular weight excluding hydrogens is 414 g/mol. The fourth-order valence-corrected chi connectivity index (χ4v) is 3.28. The second-order valence-corrected chi connectivity index (χ2v) is 7.79. The van der Waals surface area contributed by atoms with Crippen molar-refractivity contribution in [2.24, 2.45) is 0 Å². The van der Waals surface area contributed by atoms with Crippen LogP contribution in [0, 0.1) is 20.8 Å². The zero-order chi connectivity index (χ0) is 23.6. The standard InChI is InChI=1S/C27H31N3O3/c1-19-10-13-23(14-11-19)30-28-16-6-9-22-12-15-24(25(17-22)32-4)33-18-26(31)29-27-20(2)7-5-8-21(27)3/h5-15,17,28,30H,16,18H2,1-4H3,(H,29,31)/b9-6-. The van der Waals surface area contributed by atoms with E-state index in [1.165, 1.54) is 5.56 Å². The van der Waals surface area contributed by atoms with E-state index in [0.717, 1.165) is 28.1 Å². The van der Waals surface area contributed by atoms with Crippen LogP contribution in [0.25, 0.3) is 6.08 Å². The first kappa shape index (κ1) is 23.9. The van der Waals surface area contributed by atoms with Crippen molar-refractivity contribution >= 4 is 23.4 Å². The van der Waals surface area contributed by atoms with Gasteiger partial charge in [0.05, 0.1) is 7.11 Å². The molecule has 0 bridgehead atoms. The smallest absolute Gasteiger partial charge is 0.262 e. The molecule has 0 radical (unpaired) electrons. The number of anilines is 2. The molecule has 0 aliphatic rings. The molecule has 0 fully saturated rings. The van der Waals surface area contributed by atoms with Crippen LogP contribution in [-0.2, 0) is 4.79 Å². The molecule has 172 valence electrons. The van der Waals surface area contributed by atoms with Crippen molar-refractivity contribution < 1.29 is 14.3 Å². The predicted molar refractivity (Wildman–Crippen MR) is 135 cm³/mol. The van der Waals surface area contributed by atoms with Crippen molar-refractivity contribution in [2.45, 2.75) is 20.8 Å². The number of methoxy groups -OCH3 is 1. The first-order valence-electron chi connectivity index (χ1n) is 10.9. The average Bonchev–Trinajstić information content (AvgIpc) is 2.81. The van der Waals surface area contributed by atoms with Crippen LogP contribution in [0.5, 0.6) is 11.5 Å². The van der Waals surface area contributed by atoms with Gasteiger partial charge in [-0.1, -0.05) is 54.1 Å². The number of ether oxygens (including phenoxy) is 2. The third-order valence-corrected chi connectivity index (χ3v) is 5.11. The summed E-state index contributed by atoms with van der Waals surface area (Å²) in [5, 5.41) is 2.92. The van der Waals surface area contributed by atoms with Crippen molar-refractivity contribution in [2.75, 3.05) is 31.0 Å². The fourth-order valence-electron chi connectivity index (χ4n) is 3.28. The maximum atomic E-state index is 12.4. The molecule has 0 aliphatic carbocycles. The summed E-state index contributed by atoms with van der Waals surface area (Å²) in [6.45, 7) is 6.53. The lowest BCUT2D eigenvalue weighted by atomic mass is 10.1. The Morgan fingerprint density at radius 1 is 0.939 bits per heavy atom. The second-order valence-electron chi connectivity index (χ2n) is 7.79. The van der Waals surface area contributed by atoms with Gasteiger partial charge < -0.3 is 20.2 Å². The highest BCUT2D eigenvalue weighted by atomic mass is 16.5. The Morgan fingerprint density at radius 3 is 2.36 bits per heavy atom. The molecule has 0 saturated carbocycles. The van der Waals surface area contributed by atoms with Crippen molar-refractivity contribution in [1.82, 2.24) is 5.43 Å². The van der Waals surface area contributed by atoms with Gasteiger partial charge in [0.1, 0.15) is 0 Å². The molecule has 6 heteroatoms. The number of hydrogen-bond acceptors (Lipinski definition) is 5. The highest BCUT2D eigenvalue weighted by Crippen LogP contribution is 2.28. The Hall–Kier alpha value is -3.77. The van der Waals surface area contributed by atoms with Crippen molar-refractivity contribution in [3.05, 3.63) is 89.0 Å². The van der Waals surface area contributed by atoms with Crippen LogP contribution in [-0.4, -0.2) is 26.2 Å². The molecule has 3 N–H and O–H groups in total. The predicted octanol–water partition coefficient (Wildman–Crippen LogP) is 5.27. The van der Waals surface area contributed by atoms with E-state index in [9.17, 15) is 4.79 Å². The van der Waals surface area contributed by atoms with E-state index in [1.54, 1.807) is 7.11 Å². The van der Waals surface area contributed by atoms with Crippen molar-refractivity contribution in [1.29, 1.82) is 0 Å². The number of amides is 1. The van der Waals surface area contributed by atoms with E-state index in [0.29, 0.717) is 18.0 Å². The number of aryl methyl sites for hydroxylation is 3. The molecule has 1 amide bonds. The first-order valence-corrected chi connectivity index (χ1v) is 10.9. The van der Waals surface area contributed by atoms with Crippen LogP contribution in [0.2, 0.25) is 0 Å². The van der Waals surface area contributed by atoms with E-state index < -0.39 is 0 Å². The average molecular weight is 446 g/mol. The van der Waals surface area contributed by atoms with Crippen molar-refractivity contribution in [3.63, 3.8) is 0 Å². The monoisotopic (exact) mass is 445 g/mol. The zero-order valence-corrected chi connectivity index (χ0v) is 19.6. The Morgan fingerprint density at radius 2 is 1.67 bits per heavy atom. The van der Waals surface area contributed by atoms with Crippen molar-refractivity contribution in [3.8, 4) is 11.5 Å². The zero-order valence-electron chi connectivity index (χ0n) is 19.6. The number of carbonyl (C=O) groups excluding carboxylic acids is 1. The lowest BCUT2D eigenvalue weighted by molar-refractivity contribution is -0.118. The normalized spacial score (nSPS) is 10.8. The summed E-state index contributed by atoms with van der Waals surface area (Å²) < 4.78 is 11.2. The summed E-state index contributed by atoms with van der Waals surface area (Å²) in [6, 6.07) is 19.7. The Bertz CT molecular complexity index is 1090. The van der Waals surface area contributed by atoms with Crippen LogP contribution in [0.4, 0.5) is 11.4 Å². The van der Waals surface area contributed by atoms with E-state index >= 15 is 0 Å². The Labute approximate surface area is 195 Å². The van der Waals surface area contributed by atoms with Crippen LogP contribution < -0.4 is 25.6 Å². The number of rotatable bonds is 10. The molecule has 0 heterocycles. The number of hydrazine groups is 1. The maximum absolute atomic E-state index is 12.4. The third-order valence-electron chi connectivity index (χ3n) is 5.11. The van der Waals surface area contributed by atoms with E-state index in [-0.39, 0.29) is 12.5 Å². The summed E-state index contributed by atoms with van der Waals surface area (Å²) in [5.41, 5.74) is 12.4. The van der Waals surface area contributed by atoms with Gasteiger partial charge in [0, 0.05) is 17.9 Å². The Balaban J connectivity index is 1.50.